The average molecular weight is 369 g/mol. The molecule has 0 spiro atoms. The third-order valence-electron chi connectivity index (χ3n) is 5.65. The largest absolute Gasteiger partial charge is 0.490 e. The van der Waals surface area contributed by atoms with E-state index < -0.39 is 0 Å². The Bertz CT molecular complexity index is 784. The van der Waals surface area contributed by atoms with Gasteiger partial charge in [-0.2, -0.15) is 0 Å². The van der Waals surface area contributed by atoms with E-state index >= 15 is 0 Å². The minimum atomic E-state index is -0.169. The Labute approximate surface area is 159 Å². The highest BCUT2D eigenvalue weighted by Gasteiger charge is 2.30. The maximum Gasteiger partial charge on any atom is 0.239 e. The maximum absolute atomic E-state index is 12.5. The Morgan fingerprint density at radius 2 is 2.11 bits per heavy atom. The Balaban J connectivity index is 1.30. The summed E-state index contributed by atoms with van der Waals surface area (Å²) < 4.78 is 11.7. The first-order valence-electron chi connectivity index (χ1n) is 9.78. The lowest BCUT2D eigenvalue weighted by atomic mass is 9.92. The summed E-state index contributed by atoms with van der Waals surface area (Å²) >= 11 is 0. The number of likely N-dealkylation sites (N-methyl/N-ethyl adjacent to an activating group) is 1. The highest BCUT2D eigenvalue weighted by Crippen LogP contribution is 2.29. The van der Waals surface area contributed by atoms with Crippen molar-refractivity contribution in [2.75, 3.05) is 26.8 Å². The van der Waals surface area contributed by atoms with E-state index in [0.717, 1.165) is 48.8 Å². The summed E-state index contributed by atoms with van der Waals surface area (Å²) in [5, 5.41) is 5.40. The number of rotatable bonds is 4. The molecule has 2 aromatic rings. The molecule has 2 heterocycles. The van der Waals surface area contributed by atoms with Crippen LogP contribution in [0.2, 0.25) is 0 Å². The predicted octanol–water partition coefficient (Wildman–Crippen LogP) is 2.37. The summed E-state index contributed by atoms with van der Waals surface area (Å²) in [6, 6.07) is 8.14. The summed E-state index contributed by atoms with van der Waals surface area (Å²) in [6.45, 7) is 1.99. The molecule has 27 heavy (non-hydrogen) atoms. The Hall–Kier alpha value is -2.18. The molecule has 1 aliphatic carbocycles. The first kappa shape index (κ1) is 18.2. The van der Waals surface area contributed by atoms with Crippen LogP contribution in [-0.4, -0.2) is 60.8 Å². The standard InChI is InChI=1S/C21H27N3O3/c1-24-11-12-26-14-19(24)21(25)23-16-5-7-17(8-6-16)27-20-4-2-3-15-13-22-10-9-18(15)20/h2-4,9-10,13,16-17,19H,5-8,11-12,14H2,1H3,(H,23,25)/t16?,17?,19-/m1/s1. The number of pyridine rings is 1. The first-order chi connectivity index (χ1) is 13.2. The van der Waals surface area contributed by atoms with Gasteiger partial charge in [-0.25, -0.2) is 0 Å². The molecule has 1 amide bonds. The van der Waals surface area contributed by atoms with Crippen molar-refractivity contribution in [1.29, 1.82) is 0 Å². The van der Waals surface area contributed by atoms with E-state index in [0.29, 0.717) is 13.2 Å². The van der Waals surface area contributed by atoms with Crippen LogP contribution in [0.5, 0.6) is 5.75 Å². The lowest BCUT2D eigenvalue weighted by Crippen LogP contribution is -2.54. The Kier molecular flexibility index (Phi) is 5.55. The van der Waals surface area contributed by atoms with Crippen molar-refractivity contribution in [3.05, 3.63) is 36.7 Å². The smallest absolute Gasteiger partial charge is 0.239 e. The van der Waals surface area contributed by atoms with Gasteiger partial charge in [-0.15, -0.1) is 0 Å². The van der Waals surface area contributed by atoms with Gasteiger partial charge in [-0.1, -0.05) is 12.1 Å². The van der Waals surface area contributed by atoms with Gasteiger partial charge in [0.15, 0.2) is 0 Å². The third-order valence-corrected chi connectivity index (χ3v) is 5.65. The van der Waals surface area contributed by atoms with Crippen LogP contribution in [0, 0.1) is 0 Å². The summed E-state index contributed by atoms with van der Waals surface area (Å²) in [4.78, 5) is 18.8. The van der Waals surface area contributed by atoms with Gasteiger partial charge in [-0.3, -0.25) is 14.7 Å². The number of fused-ring (bicyclic) bond motifs is 1. The topological polar surface area (TPSA) is 63.7 Å². The number of amides is 1. The highest BCUT2D eigenvalue weighted by molar-refractivity contribution is 5.87. The normalized spacial score (nSPS) is 26.6. The van der Waals surface area contributed by atoms with Gasteiger partial charge in [-0.05, 0) is 44.9 Å². The quantitative estimate of drug-likeness (QED) is 0.896. The number of carbonyl (C=O) groups is 1. The molecule has 0 radical (unpaired) electrons. The van der Waals surface area contributed by atoms with E-state index in [4.69, 9.17) is 9.47 Å². The van der Waals surface area contributed by atoms with E-state index in [1.807, 2.05) is 37.5 Å². The van der Waals surface area contributed by atoms with E-state index in [1.54, 1.807) is 6.20 Å². The fourth-order valence-corrected chi connectivity index (χ4v) is 3.96. The van der Waals surface area contributed by atoms with Crippen molar-refractivity contribution in [2.45, 2.75) is 43.9 Å². The van der Waals surface area contributed by atoms with Crippen molar-refractivity contribution < 1.29 is 14.3 Å². The average Bonchev–Trinajstić information content (AvgIpc) is 2.70. The molecule has 1 saturated heterocycles. The van der Waals surface area contributed by atoms with Gasteiger partial charge < -0.3 is 14.8 Å². The lowest BCUT2D eigenvalue weighted by Gasteiger charge is -2.34. The second-order valence-corrected chi connectivity index (χ2v) is 7.52. The van der Waals surface area contributed by atoms with Crippen molar-refractivity contribution in [2.24, 2.45) is 0 Å². The molecule has 1 atom stereocenters. The Morgan fingerprint density at radius 3 is 2.93 bits per heavy atom. The van der Waals surface area contributed by atoms with Gasteiger partial charge in [0.05, 0.1) is 19.3 Å². The fourth-order valence-electron chi connectivity index (χ4n) is 3.96. The lowest BCUT2D eigenvalue weighted by molar-refractivity contribution is -0.132. The number of ether oxygens (including phenoxy) is 2. The highest BCUT2D eigenvalue weighted by atomic mass is 16.5. The van der Waals surface area contributed by atoms with Crippen molar-refractivity contribution >= 4 is 16.7 Å². The molecule has 0 unspecified atom stereocenters. The van der Waals surface area contributed by atoms with Gasteiger partial charge >= 0.3 is 0 Å². The molecule has 2 fully saturated rings. The summed E-state index contributed by atoms with van der Waals surface area (Å²) in [5.74, 6) is 1.01. The molecule has 2 aliphatic rings. The molecule has 1 aliphatic heterocycles. The molecule has 1 N–H and O–H groups in total. The van der Waals surface area contributed by atoms with Crippen LogP contribution in [-0.2, 0) is 9.53 Å². The molecule has 0 bridgehead atoms. The van der Waals surface area contributed by atoms with Crippen LogP contribution in [0.1, 0.15) is 25.7 Å². The fraction of sp³-hybridized carbons (Fsp3) is 0.524. The van der Waals surface area contributed by atoms with Crippen molar-refractivity contribution in [3.63, 3.8) is 0 Å². The zero-order valence-electron chi connectivity index (χ0n) is 15.8. The van der Waals surface area contributed by atoms with Crippen LogP contribution in [0.15, 0.2) is 36.7 Å². The van der Waals surface area contributed by atoms with Crippen LogP contribution < -0.4 is 10.1 Å². The van der Waals surface area contributed by atoms with Crippen LogP contribution in [0.3, 0.4) is 0 Å². The second-order valence-electron chi connectivity index (χ2n) is 7.52. The minimum absolute atomic E-state index is 0.0862. The number of aromatic nitrogens is 1. The summed E-state index contributed by atoms with van der Waals surface area (Å²) in [7, 11) is 1.98. The number of hydrogen-bond donors (Lipinski definition) is 1. The molecule has 4 rings (SSSR count). The van der Waals surface area contributed by atoms with Crippen LogP contribution >= 0.6 is 0 Å². The summed E-state index contributed by atoms with van der Waals surface area (Å²) in [6.07, 6.45) is 7.64. The van der Waals surface area contributed by atoms with E-state index in [2.05, 4.69) is 15.2 Å². The number of nitrogens with zero attached hydrogens (tertiary/aromatic N) is 2. The molecular formula is C21H27N3O3. The molecule has 1 aromatic carbocycles. The molecule has 1 saturated carbocycles. The van der Waals surface area contributed by atoms with Gasteiger partial charge in [0.1, 0.15) is 11.8 Å². The van der Waals surface area contributed by atoms with Crippen molar-refractivity contribution in [3.8, 4) is 5.75 Å². The monoisotopic (exact) mass is 369 g/mol. The van der Waals surface area contributed by atoms with Gasteiger partial charge in [0.25, 0.3) is 0 Å². The van der Waals surface area contributed by atoms with Gasteiger partial charge in [0.2, 0.25) is 5.91 Å². The van der Waals surface area contributed by atoms with E-state index in [1.165, 1.54) is 0 Å². The minimum Gasteiger partial charge on any atom is -0.490 e. The number of nitrogens with one attached hydrogen (secondary N) is 1. The Morgan fingerprint density at radius 1 is 1.26 bits per heavy atom. The second kappa shape index (κ2) is 8.23. The predicted molar refractivity (Wildman–Crippen MR) is 104 cm³/mol. The third kappa shape index (κ3) is 4.22. The maximum atomic E-state index is 12.5. The number of hydrogen-bond acceptors (Lipinski definition) is 5. The molecular weight excluding hydrogens is 342 g/mol. The zero-order chi connectivity index (χ0) is 18.6. The summed E-state index contributed by atoms with van der Waals surface area (Å²) in [5.41, 5.74) is 0. The van der Waals surface area contributed by atoms with E-state index in [9.17, 15) is 4.79 Å². The van der Waals surface area contributed by atoms with Gasteiger partial charge in [0, 0.05) is 35.8 Å². The molecule has 6 heteroatoms. The molecule has 1 aromatic heterocycles. The first-order valence-corrected chi connectivity index (χ1v) is 9.78. The van der Waals surface area contributed by atoms with E-state index in [-0.39, 0.29) is 24.1 Å². The molecule has 144 valence electrons. The number of morpholine rings is 1. The molecule has 6 nitrogen and oxygen atoms in total. The van der Waals surface area contributed by atoms with Crippen LogP contribution in [0.25, 0.3) is 10.8 Å². The SMILES string of the molecule is CN1CCOC[C@@H]1C(=O)NC1CCC(Oc2cccc3cnccc23)CC1. The number of carbonyl (C=O) groups excluding carboxylic acids is 1. The van der Waals surface area contributed by atoms with Crippen LogP contribution in [0.4, 0.5) is 0 Å². The number of benzene rings is 1. The van der Waals surface area contributed by atoms with Crippen molar-refractivity contribution in [1.82, 2.24) is 15.2 Å². The zero-order valence-corrected chi connectivity index (χ0v) is 15.8.